The summed E-state index contributed by atoms with van der Waals surface area (Å²) >= 11 is 0. The van der Waals surface area contributed by atoms with Crippen molar-refractivity contribution in [1.29, 1.82) is 0 Å². The highest BCUT2D eigenvalue weighted by atomic mass is 127. The first-order valence-corrected chi connectivity index (χ1v) is 8.18. The highest BCUT2D eigenvalue weighted by molar-refractivity contribution is 5.70. The van der Waals surface area contributed by atoms with Crippen LogP contribution in [-0.2, 0) is 0 Å². The number of aliphatic hydroxyl groups is 1. The third-order valence-electron chi connectivity index (χ3n) is 4.48. The Morgan fingerprint density at radius 1 is 0.958 bits per heavy atom. The molecule has 2 aromatic rings. The summed E-state index contributed by atoms with van der Waals surface area (Å²) in [6, 6.07) is 18.6. The first kappa shape index (κ1) is 20.9. The van der Waals surface area contributed by atoms with Crippen LogP contribution < -0.4 is 28.7 Å². The zero-order valence-electron chi connectivity index (χ0n) is 14.9. The molecule has 0 radical (unpaired) electrons. The van der Waals surface area contributed by atoms with E-state index in [2.05, 4.69) is 40.1 Å². The molecule has 1 unspecified atom stereocenters. The van der Waals surface area contributed by atoms with E-state index in [0.29, 0.717) is 19.2 Å². The molecule has 0 aliphatic carbocycles. The molecule has 4 heteroatoms. The van der Waals surface area contributed by atoms with Gasteiger partial charge in [0.25, 0.3) is 0 Å². The molecular formula is C20H28INO2. The lowest BCUT2D eigenvalue weighted by Gasteiger charge is -2.35. The predicted octanol–water partition coefficient (Wildman–Crippen LogP) is 0.582. The predicted molar refractivity (Wildman–Crippen MR) is 95.5 cm³/mol. The maximum absolute atomic E-state index is 10.3. The van der Waals surface area contributed by atoms with Crippen LogP contribution in [0.2, 0.25) is 0 Å². The first-order chi connectivity index (χ1) is 10.9. The van der Waals surface area contributed by atoms with Gasteiger partial charge in [0.2, 0.25) is 0 Å². The minimum Gasteiger partial charge on any atom is -1.00 e. The molecule has 0 fully saturated rings. The molecule has 1 atom stereocenters. The highest BCUT2D eigenvalue weighted by Gasteiger charge is 2.24. The van der Waals surface area contributed by atoms with Crippen molar-refractivity contribution in [2.45, 2.75) is 26.0 Å². The van der Waals surface area contributed by atoms with E-state index in [-0.39, 0.29) is 24.0 Å². The Hall–Kier alpha value is -1.11. The molecule has 24 heavy (non-hydrogen) atoms. The molecule has 0 aliphatic rings. The smallest absolute Gasteiger partial charge is 0.137 e. The van der Waals surface area contributed by atoms with Crippen LogP contribution in [0.4, 0.5) is 0 Å². The number of rotatable bonds is 7. The van der Waals surface area contributed by atoms with Gasteiger partial charge in [0.15, 0.2) is 0 Å². The number of halogens is 1. The number of hydrogen-bond donors (Lipinski definition) is 1. The van der Waals surface area contributed by atoms with Gasteiger partial charge in [0.05, 0.1) is 20.1 Å². The van der Waals surface area contributed by atoms with Gasteiger partial charge in [-0.3, -0.25) is 0 Å². The van der Waals surface area contributed by atoms with Gasteiger partial charge in [-0.05, 0) is 25.5 Å². The number of hydrogen-bond acceptors (Lipinski definition) is 2. The largest absolute Gasteiger partial charge is 1.00 e. The number of ether oxygens (including phenoxy) is 1. The summed E-state index contributed by atoms with van der Waals surface area (Å²) in [5.74, 6) is 0.813. The lowest BCUT2D eigenvalue weighted by Crippen LogP contribution is -3.00. The van der Waals surface area contributed by atoms with Gasteiger partial charge in [-0.2, -0.15) is 0 Å². The van der Waals surface area contributed by atoms with Gasteiger partial charge in [0.1, 0.15) is 25.0 Å². The van der Waals surface area contributed by atoms with E-state index in [0.717, 1.165) is 21.4 Å². The van der Waals surface area contributed by atoms with Gasteiger partial charge >= 0.3 is 0 Å². The first-order valence-electron chi connectivity index (χ1n) is 8.18. The average Bonchev–Trinajstić information content (AvgIpc) is 2.53. The fourth-order valence-corrected chi connectivity index (χ4v) is 2.44. The second kappa shape index (κ2) is 9.39. The SMILES string of the molecule is CC(C)[N+](C)(C)CC(O)COc1ccccc1-c1ccccc1.[I-]. The molecule has 1 N–H and O–H groups in total. The molecule has 0 aromatic heterocycles. The Morgan fingerprint density at radius 2 is 1.54 bits per heavy atom. The molecule has 0 saturated carbocycles. The zero-order valence-corrected chi connectivity index (χ0v) is 17.1. The van der Waals surface area contributed by atoms with Crippen molar-refractivity contribution in [3.63, 3.8) is 0 Å². The minimum absolute atomic E-state index is 0. The minimum atomic E-state index is -0.490. The van der Waals surface area contributed by atoms with E-state index in [1.807, 2.05) is 42.5 Å². The topological polar surface area (TPSA) is 29.5 Å². The molecule has 0 spiro atoms. The summed E-state index contributed by atoms with van der Waals surface area (Å²) in [6.07, 6.45) is -0.490. The van der Waals surface area contributed by atoms with Crippen molar-refractivity contribution in [3.05, 3.63) is 54.6 Å². The summed E-state index contributed by atoms with van der Waals surface area (Å²) in [4.78, 5) is 0. The van der Waals surface area contributed by atoms with Crippen LogP contribution >= 0.6 is 0 Å². The molecule has 2 aromatic carbocycles. The average molecular weight is 441 g/mol. The van der Waals surface area contributed by atoms with E-state index >= 15 is 0 Å². The van der Waals surface area contributed by atoms with Gasteiger partial charge in [0, 0.05) is 5.56 Å². The van der Waals surface area contributed by atoms with Crippen molar-refractivity contribution < 1.29 is 38.3 Å². The molecule has 0 aliphatic heterocycles. The number of quaternary nitrogens is 1. The van der Waals surface area contributed by atoms with Crippen molar-refractivity contribution in [2.75, 3.05) is 27.2 Å². The summed E-state index contributed by atoms with van der Waals surface area (Å²) in [7, 11) is 4.26. The fourth-order valence-electron chi connectivity index (χ4n) is 2.44. The quantitative estimate of drug-likeness (QED) is 0.504. The molecule has 0 bridgehead atoms. The van der Waals surface area contributed by atoms with Crippen LogP contribution in [0.3, 0.4) is 0 Å². The van der Waals surface area contributed by atoms with Crippen molar-refractivity contribution in [1.82, 2.24) is 0 Å². The lowest BCUT2D eigenvalue weighted by molar-refractivity contribution is -0.914. The number of benzene rings is 2. The van der Waals surface area contributed by atoms with E-state index in [1.54, 1.807) is 0 Å². The van der Waals surface area contributed by atoms with Crippen molar-refractivity contribution in [3.8, 4) is 16.9 Å². The highest BCUT2D eigenvalue weighted by Crippen LogP contribution is 2.29. The number of likely N-dealkylation sites (N-methyl/N-ethyl adjacent to an activating group) is 1. The summed E-state index contributed by atoms with van der Waals surface area (Å²) in [5.41, 5.74) is 2.17. The molecule has 0 saturated heterocycles. The molecule has 2 rings (SSSR count). The number of nitrogens with zero attached hydrogens (tertiary/aromatic N) is 1. The van der Waals surface area contributed by atoms with E-state index < -0.39 is 6.10 Å². The molecular weight excluding hydrogens is 413 g/mol. The Labute approximate surface area is 162 Å². The van der Waals surface area contributed by atoms with Crippen LogP contribution in [0.25, 0.3) is 11.1 Å². The summed E-state index contributed by atoms with van der Waals surface area (Å²) in [6.45, 7) is 5.31. The van der Waals surface area contributed by atoms with Crippen molar-refractivity contribution >= 4 is 0 Å². The maximum Gasteiger partial charge on any atom is 0.137 e. The van der Waals surface area contributed by atoms with Crippen molar-refractivity contribution in [2.24, 2.45) is 0 Å². The van der Waals surface area contributed by atoms with Gasteiger partial charge in [-0.1, -0.05) is 48.5 Å². The van der Waals surface area contributed by atoms with Gasteiger partial charge in [-0.15, -0.1) is 0 Å². The normalized spacial score (nSPS) is 12.6. The van der Waals surface area contributed by atoms with E-state index in [9.17, 15) is 5.11 Å². The van der Waals surface area contributed by atoms with Crippen LogP contribution in [0, 0.1) is 0 Å². The van der Waals surface area contributed by atoms with Gasteiger partial charge < -0.3 is 38.3 Å². The summed E-state index contributed by atoms with van der Waals surface area (Å²) < 4.78 is 6.69. The van der Waals surface area contributed by atoms with Crippen LogP contribution in [0.5, 0.6) is 5.75 Å². The summed E-state index contributed by atoms with van der Waals surface area (Å²) in [5, 5.41) is 10.3. The maximum atomic E-state index is 10.3. The third kappa shape index (κ3) is 5.76. The van der Waals surface area contributed by atoms with Crippen LogP contribution in [0.1, 0.15) is 13.8 Å². The van der Waals surface area contributed by atoms with E-state index in [1.165, 1.54) is 0 Å². The fraction of sp³-hybridized carbons (Fsp3) is 0.400. The Kier molecular flexibility index (Phi) is 8.19. The molecule has 0 heterocycles. The lowest BCUT2D eigenvalue weighted by atomic mass is 10.1. The second-order valence-corrected chi connectivity index (χ2v) is 6.88. The molecule has 0 amide bonds. The standard InChI is InChI=1S/C20H28NO2.HI/c1-16(2)21(3,4)14-18(22)15-23-20-13-9-8-12-19(20)17-10-6-5-7-11-17;/h5-13,16,18,22H,14-15H2,1-4H3;1H/q+1;/p-1. The van der Waals surface area contributed by atoms with E-state index in [4.69, 9.17) is 4.74 Å². The Bertz CT molecular complexity index is 614. The number of aliphatic hydroxyl groups excluding tert-OH is 1. The Morgan fingerprint density at radius 3 is 2.17 bits per heavy atom. The number of para-hydroxylation sites is 1. The Balaban J connectivity index is 0.00000288. The van der Waals surface area contributed by atoms with Crippen LogP contribution in [-0.4, -0.2) is 49.0 Å². The third-order valence-corrected chi connectivity index (χ3v) is 4.48. The monoisotopic (exact) mass is 441 g/mol. The van der Waals surface area contributed by atoms with Gasteiger partial charge in [-0.25, -0.2) is 0 Å². The zero-order chi connectivity index (χ0) is 16.9. The molecule has 3 nitrogen and oxygen atoms in total. The van der Waals surface area contributed by atoms with Crippen LogP contribution in [0.15, 0.2) is 54.6 Å². The molecule has 132 valence electrons. The second-order valence-electron chi connectivity index (χ2n) is 6.88.